The maximum absolute atomic E-state index is 13.2. The van der Waals surface area contributed by atoms with E-state index in [2.05, 4.69) is 42.1 Å². The lowest BCUT2D eigenvalue weighted by atomic mass is 10.1. The molecule has 152 valence electrons. The topological polar surface area (TPSA) is 60.9 Å². The van der Waals surface area contributed by atoms with Gasteiger partial charge in [-0.05, 0) is 41.8 Å². The molecule has 1 aliphatic rings. The molecule has 4 aromatic rings. The van der Waals surface area contributed by atoms with Crippen LogP contribution in [0.2, 0.25) is 0 Å². The van der Waals surface area contributed by atoms with Crippen LogP contribution in [0.15, 0.2) is 61.2 Å². The van der Waals surface area contributed by atoms with E-state index in [0.29, 0.717) is 0 Å². The second kappa shape index (κ2) is 8.20. The first kappa shape index (κ1) is 18.7. The van der Waals surface area contributed by atoms with E-state index in [0.717, 1.165) is 72.6 Å². The highest BCUT2D eigenvalue weighted by Gasteiger charge is 2.19. The number of H-pyrrole nitrogens is 1. The van der Waals surface area contributed by atoms with E-state index in [1.807, 2.05) is 30.6 Å². The molecular formula is C23H23FN6. The van der Waals surface area contributed by atoms with Gasteiger partial charge in [-0.1, -0.05) is 18.2 Å². The van der Waals surface area contributed by atoms with E-state index in [1.165, 1.54) is 12.1 Å². The van der Waals surface area contributed by atoms with Crippen molar-refractivity contribution in [1.82, 2.24) is 25.1 Å². The molecule has 0 unspecified atom stereocenters. The van der Waals surface area contributed by atoms with Gasteiger partial charge in [0, 0.05) is 49.9 Å². The van der Waals surface area contributed by atoms with Crippen molar-refractivity contribution in [3.63, 3.8) is 0 Å². The molecule has 1 N–H and O–H groups in total. The van der Waals surface area contributed by atoms with Crippen LogP contribution in [-0.4, -0.2) is 51.2 Å². The zero-order valence-corrected chi connectivity index (χ0v) is 16.6. The summed E-state index contributed by atoms with van der Waals surface area (Å²) < 4.78 is 13.2. The Hall–Kier alpha value is -3.32. The summed E-state index contributed by atoms with van der Waals surface area (Å²) in [4.78, 5) is 13.9. The number of nitrogens with one attached hydrogen (secondary N) is 1. The highest BCUT2D eigenvalue weighted by molar-refractivity contribution is 5.92. The van der Waals surface area contributed by atoms with Crippen LogP contribution in [0.25, 0.3) is 22.0 Å². The fourth-order valence-corrected chi connectivity index (χ4v) is 4.07. The van der Waals surface area contributed by atoms with Gasteiger partial charge in [0.25, 0.3) is 0 Å². The van der Waals surface area contributed by atoms with Gasteiger partial charge < -0.3 is 4.90 Å². The number of hydrogen-bond donors (Lipinski definition) is 1. The summed E-state index contributed by atoms with van der Waals surface area (Å²) in [5, 5.41) is 7.99. The molecule has 0 bridgehead atoms. The van der Waals surface area contributed by atoms with Crippen LogP contribution in [0.4, 0.5) is 10.2 Å². The average Bonchev–Trinajstić information content (AvgIpc) is 3.22. The number of aromatic amines is 1. The molecule has 6 nitrogen and oxygen atoms in total. The van der Waals surface area contributed by atoms with Crippen LogP contribution in [0, 0.1) is 5.82 Å². The van der Waals surface area contributed by atoms with Crippen molar-refractivity contribution in [2.75, 3.05) is 31.1 Å². The smallest absolute Gasteiger partial charge is 0.139 e. The van der Waals surface area contributed by atoms with E-state index in [1.54, 1.807) is 6.33 Å². The molecule has 1 saturated heterocycles. The van der Waals surface area contributed by atoms with Crippen LogP contribution in [-0.2, 0) is 6.54 Å². The SMILES string of the molecule is Fc1ccc(CN2CCCN(c3ncnc4ccc(-c5cn[nH]c5)cc34)CC2)cc1. The van der Waals surface area contributed by atoms with E-state index in [9.17, 15) is 4.39 Å². The minimum atomic E-state index is -0.189. The lowest BCUT2D eigenvalue weighted by Gasteiger charge is -2.24. The van der Waals surface area contributed by atoms with Gasteiger partial charge in [0.05, 0.1) is 11.7 Å². The molecular weight excluding hydrogens is 379 g/mol. The maximum Gasteiger partial charge on any atom is 0.139 e. The Balaban J connectivity index is 1.37. The molecule has 2 aromatic carbocycles. The van der Waals surface area contributed by atoms with Crippen LogP contribution in [0.5, 0.6) is 0 Å². The number of nitrogens with zero attached hydrogens (tertiary/aromatic N) is 5. The highest BCUT2D eigenvalue weighted by atomic mass is 19.1. The van der Waals surface area contributed by atoms with Gasteiger partial charge >= 0.3 is 0 Å². The molecule has 0 amide bonds. The Morgan fingerprint density at radius 3 is 2.67 bits per heavy atom. The highest BCUT2D eigenvalue weighted by Crippen LogP contribution is 2.29. The molecule has 2 aromatic heterocycles. The summed E-state index contributed by atoms with van der Waals surface area (Å²) in [5.74, 6) is 0.792. The van der Waals surface area contributed by atoms with Crippen LogP contribution in [0.1, 0.15) is 12.0 Å². The van der Waals surface area contributed by atoms with Gasteiger partial charge in [-0.3, -0.25) is 10.00 Å². The summed E-state index contributed by atoms with van der Waals surface area (Å²) in [6.07, 6.45) is 6.41. The first-order valence-corrected chi connectivity index (χ1v) is 10.2. The third-order valence-corrected chi connectivity index (χ3v) is 5.65. The van der Waals surface area contributed by atoms with E-state index >= 15 is 0 Å². The zero-order valence-electron chi connectivity index (χ0n) is 16.6. The molecule has 1 fully saturated rings. The molecule has 0 atom stereocenters. The molecule has 1 aliphatic heterocycles. The van der Waals surface area contributed by atoms with Gasteiger partial charge in [-0.15, -0.1) is 0 Å². The van der Waals surface area contributed by atoms with Gasteiger partial charge in [0.2, 0.25) is 0 Å². The van der Waals surface area contributed by atoms with Crippen molar-refractivity contribution in [2.24, 2.45) is 0 Å². The Morgan fingerprint density at radius 1 is 0.933 bits per heavy atom. The zero-order chi connectivity index (χ0) is 20.3. The van der Waals surface area contributed by atoms with Crippen molar-refractivity contribution in [3.8, 4) is 11.1 Å². The Morgan fingerprint density at radius 2 is 1.83 bits per heavy atom. The predicted molar refractivity (Wildman–Crippen MR) is 116 cm³/mol. The number of fused-ring (bicyclic) bond motifs is 1. The minimum absolute atomic E-state index is 0.189. The quantitative estimate of drug-likeness (QED) is 0.562. The molecule has 30 heavy (non-hydrogen) atoms. The Bertz CT molecular complexity index is 1130. The maximum atomic E-state index is 13.2. The second-order valence-electron chi connectivity index (χ2n) is 7.66. The predicted octanol–water partition coefficient (Wildman–Crippen LogP) is 3.87. The Labute approximate surface area is 174 Å². The summed E-state index contributed by atoms with van der Waals surface area (Å²) in [5.41, 5.74) is 4.23. The average molecular weight is 402 g/mol. The van der Waals surface area contributed by atoms with Crippen molar-refractivity contribution in [2.45, 2.75) is 13.0 Å². The van der Waals surface area contributed by atoms with Crippen molar-refractivity contribution >= 4 is 16.7 Å². The molecule has 0 saturated carbocycles. The summed E-state index contributed by atoms with van der Waals surface area (Å²) >= 11 is 0. The van der Waals surface area contributed by atoms with E-state index in [-0.39, 0.29) is 5.82 Å². The molecule has 3 heterocycles. The van der Waals surface area contributed by atoms with Crippen LogP contribution < -0.4 is 4.90 Å². The number of benzene rings is 2. The standard InChI is InChI=1S/C23H23FN6/c24-20-5-2-17(3-6-20)15-29-8-1-9-30(11-10-29)23-21-12-18(19-13-27-28-14-19)4-7-22(21)25-16-26-23/h2-7,12-14,16H,1,8-11,15H2,(H,27,28). The molecule has 7 heteroatoms. The van der Waals surface area contributed by atoms with Crippen LogP contribution >= 0.6 is 0 Å². The first-order chi connectivity index (χ1) is 14.8. The number of halogens is 1. The minimum Gasteiger partial charge on any atom is -0.355 e. The fourth-order valence-electron chi connectivity index (χ4n) is 4.07. The number of anilines is 1. The molecule has 5 rings (SSSR count). The summed E-state index contributed by atoms with van der Waals surface area (Å²) in [6, 6.07) is 13.1. The monoisotopic (exact) mass is 402 g/mol. The van der Waals surface area contributed by atoms with Gasteiger partial charge in [0.15, 0.2) is 0 Å². The Kier molecular flexibility index (Phi) is 5.11. The lowest BCUT2D eigenvalue weighted by molar-refractivity contribution is 0.285. The first-order valence-electron chi connectivity index (χ1n) is 10.2. The fraction of sp³-hybridized carbons (Fsp3) is 0.261. The number of hydrogen-bond acceptors (Lipinski definition) is 5. The third kappa shape index (κ3) is 3.89. The molecule has 0 spiro atoms. The number of rotatable bonds is 4. The van der Waals surface area contributed by atoms with Gasteiger partial charge in [-0.2, -0.15) is 5.10 Å². The molecule has 0 radical (unpaired) electrons. The van der Waals surface area contributed by atoms with Crippen molar-refractivity contribution in [1.29, 1.82) is 0 Å². The largest absolute Gasteiger partial charge is 0.355 e. The van der Waals surface area contributed by atoms with Crippen LogP contribution in [0.3, 0.4) is 0 Å². The van der Waals surface area contributed by atoms with E-state index < -0.39 is 0 Å². The van der Waals surface area contributed by atoms with Crippen molar-refractivity contribution in [3.05, 3.63) is 72.6 Å². The summed E-state index contributed by atoms with van der Waals surface area (Å²) in [6.45, 7) is 4.62. The second-order valence-corrected chi connectivity index (χ2v) is 7.66. The summed E-state index contributed by atoms with van der Waals surface area (Å²) in [7, 11) is 0. The third-order valence-electron chi connectivity index (χ3n) is 5.65. The number of aromatic nitrogens is 4. The van der Waals surface area contributed by atoms with E-state index in [4.69, 9.17) is 0 Å². The van der Waals surface area contributed by atoms with Gasteiger partial charge in [0.1, 0.15) is 18.0 Å². The van der Waals surface area contributed by atoms with Crippen molar-refractivity contribution < 1.29 is 4.39 Å². The molecule has 0 aliphatic carbocycles. The normalized spacial score (nSPS) is 15.4. The lowest BCUT2D eigenvalue weighted by Crippen LogP contribution is -2.31. The van der Waals surface area contributed by atoms with Gasteiger partial charge in [-0.25, -0.2) is 14.4 Å².